The van der Waals surface area contributed by atoms with Crippen molar-refractivity contribution < 1.29 is 28.2 Å². The summed E-state index contributed by atoms with van der Waals surface area (Å²) in [6.45, 7) is 6.15. The molecule has 0 radical (unpaired) electrons. The van der Waals surface area contributed by atoms with Crippen molar-refractivity contribution in [2.24, 2.45) is 5.10 Å². The first-order valence-corrected chi connectivity index (χ1v) is 14.9. The van der Waals surface area contributed by atoms with E-state index in [0.29, 0.717) is 35.1 Å². The number of aromatic nitrogens is 1. The second kappa shape index (κ2) is 15.0. The molecule has 10 nitrogen and oxygen atoms in total. The molecule has 5 aromatic rings. The number of carbonyl (C=O) groups is 2. The molecular formula is C35H33ClN4O6. The molecule has 0 spiro atoms. The fourth-order valence-electron chi connectivity index (χ4n) is 4.64. The molecule has 2 N–H and O–H groups in total. The summed E-state index contributed by atoms with van der Waals surface area (Å²) in [4.78, 5) is 25.0. The summed E-state index contributed by atoms with van der Waals surface area (Å²) in [5.41, 5.74) is 6.99. The number of amides is 2. The summed E-state index contributed by atoms with van der Waals surface area (Å²) < 4.78 is 25.0. The van der Waals surface area contributed by atoms with Gasteiger partial charge in [0, 0.05) is 22.8 Å². The highest BCUT2D eigenvalue weighted by atomic mass is 35.5. The van der Waals surface area contributed by atoms with Crippen molar-refractivity contribution in [3.63, 3.8) is 0 Å². The Morgan fingerprint density at radius 1 is 0.913 bits per heavy atom. The lowest BCUT2D eigenvalue weighted by atomic mass is 10.2. The Kier molecular flexibility index (Phi) is 10.4. The summed E-state index contributed by atoms with van der Waals surface area (Å²) in [6.07, 6.45) is 1.41. The molecule has 0 bridgehead atoms. The number of benzene rings is 3. The molecular weight excluding hydrogens is 608 g/mol. The summed E-state index contributed by atoms with van der Waals surface area (Å²) in [5.74, 6) is 0.903. The Morgan fingerprint density at radius 2 is 1.65 bits per heavy atom. The third kappa shape index (κ3) is 8.16. The van der Waals surface area contributed by atoms with Gasteiger partial charge in [0.1, 0.15) is 18.1 Å². The molecule has 5 rings (SSSR count). The summed E-state index contributed by atoms with van der Waals surface area (Å²) in [7, 11) is 0. The molecule has 0 saturated carbocycles. The average Bonchev–Trinajstić information content (AvgIpc) is 3.66. The third-order valence-corrected chi connectivity index (χ3v) is 7.03. The van der Waals surface area contributed by atoms with Gasteiger partial charge in [-0.1, -0.05) is 29.8 Å². The molecule has 0 unspecified atom stereocenters. The van der Waals surface area contributed by atoms with Crippen molar-refractivity contribution in [1.82, 2.24) is 9.99 Å². The van der Waals surface area contributed by atoms with Crippen LogP contribution >= 0.6 is 11.6 Å². The summed E-state index contributed by atoms with van der Waals surface area (Å²) in [6, 6.07) is 27.4. The molecule has 2 amide bonds. The SMILES string of the molecule is CCOc1cc(/C=N/NC(=O)c2ccc(COc3ccc(-n4c(C)ccc4C)cc3)o2)cc(Cl)c1OCC(=O)Nc1ccccc1. The number of anilines is 1. The van der Waals surface area contributed by atoms with E-state index in [1.54, 1.807) is 36.4 Å². The number of nitrogens with one attached hydrogen (secondary N) is 2. The van der Waals surface area contributed by atoms with Gasteiger partial charge < -0.3 is 28.5 Å². The quantitative estimate of drug-likeness (QED) is 0.105. The van der Waals surface area contributed by atoms with E-state index in [4.69, 9.17) is 30.2 Å². The summed E-state index contributed by atoms with van der Waals surface area (Å²) in [5, 5.41) is 6.98. The lowest BCUT2D eigenvalue weighted by molar-refractivity contribution is -0.118. The van der Waals surface area contributed by atoms with Gasteiger partial charge in [-0.2, -0.15) is 5.10 Å². The van der Waals surface area contributed by atoms with Crippen molar-refractivity contribution in [3.05, 3.63) is 124 Å². The van der Waals surface area contributed by atoms with Crippen molar-refractivity contribution in [2.75, 3.05) is 18.5 Å². The number of furan rings is 1. The number of nitrogens with zero attached hydrogens (tertiary/aromatic N) is 2. The third-order valence-electron chi connectivity index (χ3n) is 6.75. The minimum absolute atomic E-state index is 0.0789. The van der Waals surface area contributed by atoms with Crippen LogP contribution in [0.25, 0.3) is 5.69 Å². The van der Waals surface area contributed by atoms with Crippen LogP contribution in [-0.4, -0.2) is 35.8 Å². The van der Waals surface area contributed by atoms with E-state index in [0.717, 1.165) is 17.1 Å². The number of hydrogen-bond donors (Lipinski definition) is 2. The van der Waals surface area contributed by atoms with Gasteiger partial charge in [0.05, 0.1) is 17.8 Å². The van der Waals surface area contributed by atoms with Gasteiger partial charge in [0.15, 0.2) is 23.9 Å². The molecule has 0 saturated heterocycles. The van der Waals surface area contributed by atoms with Crippen molar-refractivity contribution in [3.8, 4) is 22.9 Å². The lowest BCUT2D eigenvalue weighted by Gasteiger charge is -2.14. The Morgan fingerprint density at radius 3 is 2.37 bits per heavy atom. The zero-order chi connectivity index (χ0) is 32.5. The van der Waals surface area contributed by atoms with Gasteiger partial charge in [0.2, 0.25) is 0 Å². The Hall–Kier alpha value is -5.48. The van der Waals surface area contributed by atoms with E-state index in [-0.39, 0.29) is 35.7 Å². The molecule has 0 aliphatic rings. The monoisotopic (exact) mass is 640 g/mol. The van der Waals surface area contributed by atoms with Crippen LogP contribution in [0.2, 0.25) is 5.02 Å². The van der Waals surface area contributed by atoms with Gasteiger partial charge in [-0.05, 0) is 99.1 Å². The maximum Gasteiger partial charge on any atom is 0.307 e. The largest absolute Gasteiger partial charge is 0.490 e. The Bertz CT molecular complexity index is 1810. The smallest absolute Gasteiger partial charge is 0.307 e. The molecule has 2 aromatic heterocycles. The molecule has 46 heavy (non-hydrogen) atoms. The van der Waals surface area contributed by atoms with E-state index < -0.39 is 5.91 Å². The van der Waals surface area contributed by atoms with Gasteiger partial charge in [-0.25, -0.2) is 5.43 Å². The molecule has 2 heterocycles. The van der Waals surface area contributed by atoms with Gasteiger partial charge >= 0.3 is 5.91 Å². The molecule has 0 atom stereocenters. The highest BCUT2D eigenvalue weighted by Crippen LogP contribution is 2.36. The van der Waals surface area contributed by atoms with E-state index in [1.807, 2.05) is 49.4 Å². The average molecular weight is 641 g/mol. The first-order chi connectivity index (χ1) is 22.3. The van der Waals surface area contributed by atoms with Gasteiger partial charge in [-0.15, -0.1) is 0 Å². The van der Waals surface area contributed by atoms with E-state index in [1.165, 1.54) is 6.21 Å². The van der Waals surface area contributed by atoms with Crippen LogP contribution < -0.4 is 25.0 Å². The minimum Gasteiger partial charge on any atom is -0.490 e. The molecule has 236 valence electrons. The minimum atomic E-state index is -0.537. The number of carbonyl (C=O) groups excluding carboxylic acids is 2. The topological polar surface area (TPSA) is 116 Å². The number of halogens is 1. The zero-order valence-corrected chi connectivity index (χ0v) is 26.3. The Balaban J connectivity index is 1.14. The molecule has 0 aliphatic heterocycles. The predicted molar refractivity (Wildman–Crippen MR) is 177 cm³/mol. The highest BCUT2D eigenvalue weighted by molar-refractivity contribution is 6.32. The van der Waals surface area contributed by atoms with Crippen LogP contribution in [0, 0.1) is 13.8 Å². The number of hydrazone groups is 1. The van der Waals surface area contributed by atoms with Crippen LogP contribution in [-0.2, 0) is 11.4 Å². The molecule has 3 aromatic carbocycles. The zero-order valence-electron chi connectivity index (χ0n) is 25.6. The van der Waals surface area contributed by atoms with Crippen molar-refractivity contribution in [2.45, 2.75) is 27.4 Å². The first kappa shape index (κ1) is 31.9. The van der Waals surface area contributed by atoms with Gasteiger partial charge in [0.25, 0.3) is 5.91 Å². The second-order valence-corrected chi connectivity index (χ2v) is 10.6. The fourth-order valence-corrected chi connectivity index (χ4v) is 4.92. The normalized spacial score (nSPS) is 11.0. The molecule has 0 aliphatic carbocycles. The number of aryl methyl sites for hydroxylation is 2. The van der Waals surface area contributed by atoms with Crippen molar-refractivity contribution >= 4 is 35.3 Å². The molecule has 11 heteroatoms. The highest BCUT2D eigenvalue weighted by Gasteiger charge is 2.15. The van der Waals surface area contributed by atoms with Crippen LogP contribution in [0.3, 0.4) is 0 Å². The van der Waals surface area contributed by atoms with Crippen molar-refractivity contribution in [1.29, 1.82) is 0 Å². The van der Waals surface area contributed by atoms with E-state index >= 15 is 0 Å². The number of para-hydroxylation sites is 1. The number of ether oxygens (including phenoxy) is 3. The summed E-state index contributed by atoms with van der Waals surface area (Å²) >= 11 is 6.46. The van der Waals surface area contributed by atoms with E-state index in [2.05, 4.69) is 46.4 Å². The van der Waals surface area contributed by atoms with Gasteiger partial charge in [-0.3, -0.25) is 9.59 Å². The Labute approximate surface area is 271 Å². The number of hydrogen-bond acceptors (Lipinski definition) is 7. The fraction of sp³-hybridized carbons (Fsp3) is 0.171. The first-order valence-electron chi connectivity index (χ1n) is 14.5. The van der Waals surface area contributed by atoms with Crippen LogP contribution in [0.4, 0.5) is 5.69 Å². The second-order valence-electron chi connectivity index (χ2n) is 10.2. The maximum atomic E-state index is 12.6. The maximum absolute atomic E-state index is 12.6. The standard InChI is InChI=1S/C35H33ClN4O6/c1-4-43-32-19-25(18-30(36)34(32)45-22-33(41)38-26-8-6-5-7-9-26)20-37-39-35(42)31-17-16-29(46-31)21-44-28-14-12-27(13-15-28)40-23(2)10-11-24(40)3/h5-20H,4,21-22H2,1-3H3,(H,38,41)(H,39,42)/b37-20+. The lowest BCUT2D eigenvalue weighted by Crippen LogP contribution is -2.20. The van der Waals surface area contributed by atoms with Crippen LogP contribution in [0.15, 0.2) is 101 Å². The molecule has 0 fully saturated rings. The van der Waals surface area contributed by atoms with Crippen LogP contribution in [0.5, 0.6) is 17.2 Å². The predicted octanol–water partition coefficient (Wildman–Crippen LogP) is 7.10. The van der Waals surface area contributed by atoms with Crippen LogP contribution in [0.1, 0.15) is 40.2 Å². The number of rotatable bonds is 13. The van der Waals surface area contributed by atoms with E-state index in [9.17, 15) is 9.59 Å².